The zero-order valence-corrected chi connectivity index (χ0v) is 20.1. The highest BCUT2D eigenvalue weighted by Crippen LogP contribution is 2.70. The summed E-state index contributed by atoms with van der Waals surface area (Å²) < 4.78 is 6.57. The first-order valence-corrected chi connectivity index (χ1v) is 13.4. The van der Waals surface area contributed by atoms with Crippen LogP contribution in [0.3, 0.4) is 0 Å². The molecule has 1 aromatic rings. The van der Waals surface area contributed by atoms with Gasteiger partial charge in [0.15, 0.2) is 11.5 Å². The number of fused-ring (bicyclic) bond motifs is 3. The van der Waals surface area contributed by atoms with Gasteiger partial charge in [-0.05, 0) is 82.3 Å². The van der Waals surface area contributed by atoms with Crippen LogP contribution in [0, 0.1) is 12.8 Å². The minimum atomic E-state index is -1.00. The molecule has 7 aliphatic rings. The molecule has 2 amide bonds. The minimum Gasteiger partial charge on any atom is -0.504 e. The van der Waals surface area contributed by atoms with Gasteiger partial charge < -0.3 is 14.9 Å². The van der Waals surface area contributed by atoms with E-state index in [4.69, 9.17) is 4.74 Å². The number of imide groups is 1. The number of phenols is 1. The van der Waals surface area contributed by atoms with E-state index in [2.05, 4.69) is 4.90 Å². The highest BCUT2D eigenvalue weighted by molar-refractivity contribution is 6.19. The summed E-state index contributed by atoms with van der Waals surface area (Å²) in [5.41, 5.74) is 1.53. The van der Waals surface area contributed by atoms with Gasteiger partial charge in [-0.1, -0.05) is 6.07 Å². The molecule has 4 aliphatic carbocycles. The van der Waals surface area contributed by atoms with Gasteiger partial charge in [0.2, 0.25) is 0 Å². The molecule has 2 unspecified atom stereocenters. The lowest BCUT2D eigenvalue weighted by molar-refractivity contribution is -0.157. The smallest absolute Gasteiger partial charge is 0.257 e. The highest BCUT2D eigenvalue weighted by Gasteiger charge is 2.81. The number of carbonyl (C=O) groups excluding carboxylic acids is 2. The van der Waals surface area contributed by atoms with Crippen LogP contribution in [-0.4, -0.2) is 68.2 Å². The molecular weight excluding hydrogens is 444 g/mol. The average molecular weight is 477 g/mol. The third-order valence-electron chi connectivity index (χ3n) is 10.5. The average Bonchev–Trinajstić information content (AvgIpc) is 3.71. The van der Waals surface area contributed by atoms with Crippen LogP contribution in [0.5, 0.6) is 11.5 Å². The van der Waals surface area contributed by atoms with Crippen molar-refractivity contribution in [3.8, 4) is 11.5 Å². The Labute approximate surface area is 204 Å². The fourth-order valence-corrected chi connectivity index (χ4v) is 8.79. The predicted octanol–water partition coefficient (Wildman–Crippen LogP) is 2.70. The van der Waals surface area contributed by atoms with Gasteiger partial charge >= 0.3 is 0 Å². The van der Waals surface area contributed by atoms with Crippen LogP contribution in [0.15, 0.2) is 23.3 Å². The number of aliphatic hydroxyl groups is 1. The normalized spacial score (nSPS) is 42.9. The summed E-state index contributed by atoms with van der Waals surface area (Å²) in [5.74, 6) is 0.945. The zero-order chi connectivity index (χ0) is 23.9. The van der Waals surface area contributed by atoms with Crippen molar-refractivity contribution >= 4 is 11.8 Å². The van der Waals surface area contributed by atoms with Crippen molar-refractivity contribution in [3.63, 3.8) is 0 Å². The molecule has 1 aromatic carbocycles. The summed E-state index contributed by atoms with van der Waals surface area (Å²) in [4.78, 5) is 31.0. The van der Waals surface area contributed by atoms with Gasteiger partial charge in [-0.15, -0.1) is 0 Å². The van der Waals surface area contributed by atoms with Crippen molar-refractivity contribution < 1.29 is 24.5 Å². The van der Waals surface area contributed by atoms with Crippen LogP contribution in [0.4, 0.5) is 0 Å². The number of hydrogen-bond acceptors (Lipinski definition) is 6. The first-order chi connectivity index (χ1) is 16.9. The van der Waals surface area contributed by atoms with Gasteiger partial charge in [0.05, 0.1) is 23.1 Å². The molecular formula is C28H32N2O5. The number of rotatable bonds is 3. The maximum absolute atomic E-state index is 13.5. The van der Waals surface area contributed by atoms with Crippen LogP contribution >= 0.6 is 0 Å². The van der Waals surface area contributed by atoms with E-state index in [1.54, 1.807) is 6.07 Å². The Balaban J connectivity index is 1.24. The quantitative estimate of drug-likeness (QED) is 0.515. The summed E-state index contributed by atoms with van der Waals surface area (Å²) in [6, 6.07) is 3.48. The Kier molecular flexibility index (Phi) is 3.85. The molecule has 184 valence electrons. The van der Waals surface area contributed by atoms with Crippen molar-refractivity contribution in [1.29, 1.82) is 0 Å². The van der Waals surface area contributed by atoms with Crippen molar-refractivity contribution in [1.82, 2.24) is 9.80 Å². The Morgan fingerprint density at radius 1 is 1.06 bits per heavy atom. The monoisotopic (exact) mass is 476 g/mol. The Hall–Kier alpha value is -2.38. The van der Waals surface area contributed by atoms with E-state index in [1.807, 2.05) is 13.0 Å². The van der Waals surface area contributed by atoms with Crippen LogP contribution < -0.4 is 4.74 Å². The van der Waals surface area contributed by atoms with Crippen LogP contribution in [0.25, 0.3) is 0 Å². The first kappa shape index (κ1) is 20.8. The summed E-state index contributed by atoms with van der Waals surface area (Å²) >= 11 is 0. The molecule has 2 N–H and O–H groups in total. The van der Waals surface area contributed by atoms with E-state index in [0.29, 0.717) is 42.6 Å². The topological polar surface area (TPSA) is 90.1 Å². The van der Waals surface area contributed by atoms with E-state index < -0.39 is 23.2 Å². The number of phenolic OH excluding ortho intramolecular Hbond substituents is 1. The fraction of sp³-hybridized carbons (Fsp3) is 0.643. The summed E-state index contributed by atoms with van der Waals surface area (Å²) in [6.07, 6.45) is 7.02. The standard InChI is InChI=1S/C28H32N2O5/c1-14-6-9-20(31)22-21(14)27-12-19-23(29(19)13-15-7-8-15)28(27,34)11-10-18(24(27)35-22)30-25(32)16-4-2-3-5-17(16)26(30)33/h6,9,15,18-19,23-24,31,34H,2-5,7-8,10-13H2,1H3/t18-,19?,23-,24+,27+,28-,29?/m1/s1. The SMILES string of the molecule is Cc1ccc(O)c2c1[C@]13CC4[C@@H](N4CC4CC4)[C@]1(O)CC[C@@H](N1C(=O)C4=C(CCCC4)C1=O)[C@@H]3O2. The second kappa shape index (κ2) is 6.48. The third-order valence-corrected chi connectivity index (χ3v) is 10.5. The molecule has 8 rings (SSSR count). The number of likely N-dealkylation sites (tertiary alicyclic amines) is 1. The Morgan fingerprint density at radius 3 is 2.46 bits per heavy atom. The molecule has 0 bridgehead atoms. The predicted molar refractivity (Wildman–Crippen MR) is 126 cm³/mol. The Morgan fingerprint density at radius 2 is 1.77 bits per heavy atom. The van der Waals surface area contributed by atoms with Gasteiger partial charge in [-0.2, -0.15) is 0 Å². The lowest BCUT2D eigenvalue weighted by Gasteiger charge is -2.53. The molecule has 0 radical (unpaired) electrons. The maximum atomic E-state index is 13.5. The molecule has 1 spiro atoms. The summed E-state index contributed by atoms with van der Waals surface area (Å²) in [7, 11) is 0. The second-order valence-corrected chi connectivity index (χ2v) is 12.1. The van der Waals surface area contributed by atoms with Gasteiger partial charge in [0, 0.05) is 29.3 Å². The lowest BCUT2D eigenvalue weighted by Crippen LogP contribution is -2.69. The number of aryl methyl sites for hydroxylation is 1. The number of aromatic hydroxyl groups is 1. The van der Waals surface area contributed by atoms with Crippen molar-refractivity contribution in [2.75, 3.05) is 6.54 Å². The number of carbonyl (C=O) groups is 2. The molecule has 1 saturated heterocycles. The Bertz CT molecular complexity index is 1210. The van der Waals surface area contributed by atoms with E-state index in [-0.39, 0.29) is 29.6 Å². The van der Waals surface area contributed by atoms with Gasteiger partial charge in [0.1, 0.15) is 6.10 Å². The van der Waals surface area contributed by atoms with E-state index >= 15 is 0 Å². The molecule has 4 fully saturated rings. The minimum absolute atomic E-state index is 0.0716. The van der Waals surface area contributed by atoms with Crippen LogP contribution in [0.2, 0.25) is 0 Å². The summed E-state index contributed by atoms with van der Waals surface area (Å²) in [5, 5.41) is 23.4. The molecule has 0 aromatic heterocycles. The van der Waals surface area contributed by atoms with Crippen molar-refractivity contribution in [2.45, 2.75) is 100.0 Å². The molecule has 3 saturated carbocycles. The number of amides is 2. The van der Waals surface area contributed by atoms with Crippen LogP contribution in [0.1, 0.15) is 68.9 Å². The first-order valence-electron chi connectivity index (χ1n) is 13.4. The lowest BCUT2D eigenvalue weighted by atomic mass is 9.57. The van der Waals surface area contributed by atoms with Crippen molar-refractivity contribution in [3.05, 3.63) is 34.4 Å². The van der Waals surface area contributed by atoms with Crippen molar-refractivity contribution in [2.24, 2.45) is 5.92 Å². The fourth-order valence-electron chi connectivity index (χ4n) is 8.79. The molecule has 7 nitrogen and oxygen atoms in total. The second-order valence-electron chi connectivity index (χ2n) is 12.1. The number of hydrogen-bond donors (Lipinski definition) is 2. The third kappa shape index (κ3) is 2.35. The largest absolute Gasteiger partial charge is 0.504 e. The van der Waals surface area contributed by atoms with Gasteiger partial charge in [-0.25, -0.2) is 0 Å². The van der Waals surface area contributed by atoms with E-state index in [9.17, 15) is 19.8 Å². The maximum Gasteiger partial charge on any atom is 0.257 e. The van der Waals surface area contributed by atoms with E-state index in [1.165, 1.54) is 17.7 Å². The van der Waals surface area contributed by atoms with Crippen LogP contribution in [-0.2, 0) is 15.0 Å². The van der Waals surface area contributed by atoms with Gasteiger partial charge in [0.25, 0.3) is 11.8 Å². The summed E-state index contributed by atoms with van der Waals surface area (Å²) in [6.45, 7) is 3.06. The van der Waals surface area contributed by atoms with E-state index in [0.717, 1.165) is 42.9 Å². The molecule has 7 heteroatoms. The molecule has 3 heterocycles. The molecule has 7 atom stereocenters. The number of piperidine rings is 1. The number of ether oxygens (including phenoxy) is 1. The number of nitrogens with zero attached hydrogens (tertiary/aromatic N) is 2. The molecule has 35 heavy (non-hydrogen) atoms. The highest BCUT2D eigenvalue weighted by atomic mass is 16.5. The van der Waals surface area contributed by atoms with Gasteiger partial charge in [-0.3, -0.25) is 19.4 Å². The zero-order valence-electron chi connectivity index (χ0n) is 20.1. The number of benzene rings is 1. The molecule has 3 aliphatic heterocycles.